The van der Waals surface area contributed by atoms with E-state index in [9.17, 15) is 43.2 Å². The Morgan fingerprint density at radius 2 is 0.539 bits per heavy atom. The fourth-order valence-electron chi connectivity index (χ4n) is 10.5. The Bertz CT molecular complexity index is 1770. The molecule has 0 aliphatic rings. The summed E-state index contributed by atoms with van der Waals surface area (Å²) < 4.78 is 68.2. The van der Waals surface area contributed by atoms with E-state index in [4.69, 9.17) is 37.0 Å². The van der Waals surface area contributed by atoms with E-state index >= 15 is 0 Å². The van der Waals surface area contributed by atoms with Crippen LogP contribution in [0.15, 0.2) is 0 Å². The number of hydrogen-bond donors (Lipinski definition) is 3. The van der Waals surface area contributed by atoms with E-state index in [1.54, 1.807) is 0 Å². The molecule has 19 heteroatoms. The van der Waals surface area contributed by atoms with Crippen LogP contribution in [-0.2, 0) is 65.4 Å². The average molecular weight is 1310 g/mol. The van der Waals surface area contributed by atoms with Gasteiger partial charge in [-0.05, 0) is 49.4 Å². The van der Waals surface area contributed by atoms with E-state index in [0.29, 0.717) is 31.6 Å². The van der Waals surface area contributed by atoms with Crippen LogP contribution in [0.4, 0.5) is 0 Å². The molecule has 0 fully saturated rings. The summed E-state index contributed by atoms with van der Waals surface area (Å²) in [6.07, 6.45) is 41.8. The van der Waals surface area contributed by atoms with Crippen LogP contribution < -0.4 is 0 Å². The van der Waals surface area contributed by atoms with Gasteiger partial charge in [0.05, 0.1) is 26.4 Å². The van der Waals surface area contributed by atoms with Crippen molar-refractivity contribution in [1.82, 2.24) is 0 Å². The number of phosphoric acid groups is 2. The molecule has 0 aliphatic heterocycles. The Morgan fingerprint density at radius 3 is 0.798 bits per heavy atom. The van der Waals surface area contributed by atoms with Gasteiger partial charge in [-0.1, -0.05) is 293 Å². The van der Waals surface area contributed by atoms with Gasteiger partial charge in [-0.2, -0.15) is 0 Å². The predicted molar refractivity (Wildman–Crippen MR) is 358 cm³/mol. The highest BCUT2D eigenvalue weighted by Gasteiger charge is 2.30. The molecule has 528 valence electrons. The minimum Gasteiger partial charge on any atom is -0.462 e. The molecule has 0 amide bonds. The Hall–Kier alpha value is -1.94. The Labute approximate surface area is 543 Å². The largest absolute Gasteiger partial charge is 0.472 e. The fraction of sp³-hybridized carbons (Fsp3) is 0.943. The van der Waals surface area contributed by atoms with Crippen LogP contribution >= 0.6 is 15.6 Å². The average Bonchev–Trinajstić information content (AvgIpc) is 3.69. The molecule has 0 saturated heterocycles. The van der Waals surface area contributed by atoms with Gasteiger partial charge in [0.1, 0.15) is 19.3 Å². The highest BCUT2D eigenvalue weighted by molar-refractivity contribution is 7.47. The van der Waals surface area contributed by atoms with Gasteiger partial charge in [-0.3, -0.25) is 37.3 Å². The number of rotatable bonds is 67. The van der Waals surface area contributed by atoms with Gasteiger partial charge < -0.3 is 33.8 Å². The molecule has 0 heterocycles. The van der Waals surface area contributed by atoms with Crippen LogP contribution in [0, 0.1) is 23.7 Å². The van der Waals surface area contributed by atoms with E-state index in [2.05, 4.69) is 55.4 Å². The molecule has 0 rings (SSSR count). The SMILES string of the molecule is CCC(C)CCCCCCCCC(=O)OC[C@H](COP(=O)(O)OC[C@H](O)COP(=O)(O)OC[C@@H](COC(=O)CCCCCCCCCCCCCCCC(C)C)OC(=O)CCCCCCCCCC(C)C)OC(=O)CCCCCCCCCCCCC(C)C. The number of carbonyl (C=O) groups excluding carboxylic acids is 4. The third-order valence-electron chi connectivity index (χ3n) is 16.4. The Kier molecular flexibility index (Phi) is 58.5. The highest BCUT2D eigenvalue weighted by atomic mass is 31.2. The normalized spacial score (nSPS) is 14.6. The summed E-state index contributed by atoms with van der Waals surface area (Å²) in [6, 6.07) is 0. The first-order valence-electron chi connectivity index (χ1n) is 36.2. The topological polar surface area (TPSA) is 237 Å². The summed E-state index contributed by atoms with van der Waals surface area (Å²) in [6.45, 7) is 14.1. The number of carbonyl (C=O) groups is 4. The van der Waals surface area contributed by atoms with Crippen LogP contribution in [0.5, 0.6) is 0 Å². The van der Waals surface area contributed by atoms with Gasteiger partial charge >= 0.3 is 39.5 Å². The third-order valence-corrected chi connectivity index (χ3v) is 18.3. The van der Waals surface area contributed by atoms with Crippen LogP contribution in [0.1, 0.15) is 344 Å². The number of hydrogen-bond acceptors (Lipinski definition) is 15. The van der Waals surface area contributed by atoms with E-state index < -0.39 is 97.5 Å². The molecule has 0 aromatic heterocycles. The molecule has 0 radical (unpaired) electrons. The standard InChI is InChI=1S/C70H136O17P2/c1-9-63(8)49-41-33-28-29-35-43-51-68(73)81-57-66(86-69(74)52-44-36-26-20-16-15-18-23-31-39-47-61(4)5)59-85-89(78,79)83-55-64(71)54-82-88(76,77)84-58-65(87-70(75)53-45-37-27-21-24-32-40-48-62(6)7)56-80-67(72)50-42-34-25-19-14-12-10-11-13-17-22-30-38-46-60(2)3/h60-66,71H,9-59H2,1-8H3,(H,76,77)(H,78,79)/t63?,64-,65-,66-/m1/s1. The van der Waals surface area contributed by atoms with Crippen molar-refractivity contribution in [2.45, 2.75) is 363 Å². The summed E-state index contributed by atoms with van der Waals surface area (Å²) in [5, 5.41) is 10.6. The lowest BCUT2D eigenvalue weighted by atomic mass is 10.00. The molecule has 0 aromatic carbocycles. The first-order valence-corrected chi connectivity index (χ1v) is 39.2. The summed E-state index contributed by atoms with van der Waals surface area (Å²) in [4.78, 5) is 72.5. The molecule has 0 saturated carbocycles. The number of unbranched alkanes of at least 4 members (excludes halogenated alkanes) is 32. The molecule has 6 atom stereocenters. The number of esters is 4. The second-order valence-electron chi connectivity index (χ2n) is 26.9. The maximum absolute atomic E-state index is 13.0. The van der Waals surface area contributed by atoms with Crippen molar-refractivity contribution in [3.63, 3.8) is 0 Å². The molecule has 0 spiro atoms. The molecule has 0 aromatic rings. The summed E-state index contributed by atoms with van der Waals surface area (Å²) in [7, 11) is -9.90. The maximum Gasteiger partial charge on any atom is 0.472 e. The fourth-order valence-corrected chi connectivity index (χ4v) is 12.0. The van der Waals surface area contributed by atoms with Crippen LogP contribution in [0.2, 0.25) is 0 Å². The van der Waals surface area contributed by atoms with Crippen molar-refractivity contribution < 1.29 is 80.2 Å². The highest BCUT2D eigenvalue weighted by Crippen LogP contribution is 2.45. The first-order chi connectivity index (χ1) is 42.6. The van der Waals surface area contributed by atoms with E-state index in [0.717, 1.165) is 114 Å². The monoisotopic (exact) mass is 1310 g/mol. The molecule has 3 N–H and O–H groups in total. The van der Waals surface area contributed by atoms with E-state index in [-0.39, 0.29) is 25.7 Å². The summed E-state index contributed by atoms with van der Waals surface area (Å²) >= 11 is 0. The minimum absolute atomic E-state index is 0.103. The lowest BCUT2D eigenvalue weighted by Crippen LogP contribution is -2.30. The van der Waals surface area contributed by atoms with Gasteiger partial charge in [0.15, 0.2) is 12.2 Å². The molecule has 0 bridgehead atoms. The van der Waals surface area contributed by atoms with Crippen molar-refractivity contribution in [2.24, 2.45) is 23.7 Å². The van der Waals surface area contributed by atoms with Crippen molar-refractivity contribution >= 4 is 39.5 Å². The minimum atomic E-state index is -4.95. The third kappa shape index (κ3) is 63.2. The number of aliphatic hydroxyl groups is 1. The number of aliphatic hydroxyl groups excluding tert-OH is 1. The number of phosphoric ester groups is 2. The molecule has 17 nitrogen and oxygen atoms in total. The van der Waals surface area contributed by atoms with Gasteiger partial charge in [0, 0.05) is 25.7 Å². The zero-order chi connectivity index (χ0) is 66.1. The molecule has 0 aliphatic carbocycles. The van der Waals surface area contributed by atoms with Crippen molar-refractivity contribution in [1.29, 1.82) is 0 Å². The van der Waals surface area contributed by atoms with Crippen LogP contribution in [-0.4, -0.2) is 96.7 Å². The predicted octanol–water partition coefficient (Wildman–Crippen LogP) is 19.7. The summed E-state index contributed by atoms with van der Waals surface area (Å²) in [5.74, 6) is 0.837. The smallest absolute Gasteiger partial charge is 0.462 e. The molecular weight excluding hydrogens is 1170 g/mol. The molecular formula is C70H136O17P2. The van der Waals surface area contributed by atoms with Crippen molar-refractivity contribution in [2.75, 3.05) is 39.6 Å². The first kappa shape index (κ1) is 87.1. The zero-order valence-electron chi connectivity index (χ0n) is 58.1. The zero-order valence-corrected chi connectivity index (χ0v) is 59.8. The van der Waals surface area contributed by atoms with Gasteiger partial charge in [0.25, 0.3) is 0 Å². The van der Waals surface area contributed by atoms with Crippen molar-refractivity contribution in [3.8, 4) is 0 Å². The number of ether oxygens (including phenoxy) is 4. The van der Waals surface area contributed by atoms with E-state index in [1.807, 2.05) is 0 Å². The van der Waals surface area contributed by atoms with Gasteiger partial charge in [0.2, 0.25) is 0 Å². The van der Waals surface area contributed by atoms with E-state index in [1.165, 1.54) is 141 Å². The lowest BCUT2D eigenvalue weighted by Gasteiger charge is -2.21. The summed E-state index contributed by atoms with van der Waals surface area (Å²) in [5.41, 5.74) is 0. The second kappa shape index (κ2) is 59.8. The second-order valence-corrected chi connectivity index (χ2v) is 29.8. The Balaban J connectivity index is 5.22. The molecule has 3 unspecified atom stereocenters. The Morgan fingerprint density at radius 1 is 0.315 bits per heavy atom. The lowest BCUT2D eigenvalue weighted by molar-refractivity contribution is -0.161. The van der Waals surface area contributed by atoms with Crippen molar-refractivity contribution in [3.05, 3.63) is 0 Å². The van der Waals surface area contributed by atoms with Crippen LogP contribution in [0.3, 0.4) is 0 Å². The quantitative estimate of drug-likeness (QED) is 0.0222. The maximum atomic E-state index is 13.0. The molecule has 89 heavy (non-hydrogen) atoms. The van der Waals surface area contributed by atoms with Crippen LogP contribution in [0.25, 0.3) is 0 Å². The van der Waals surface area contributed by atoms with Gasteiger partial charge in [-0.15, -0.1) is 0 Å². The van der Waals surface area contributed by atoms with Gasteiger partial charge in [-0.25, -0.2) is 9.13 Å².